The predicted molar refractivity (Wildman–Crippen MR) is 48.9 cm³/mol. The molecule has 0 unspecified atom stereocenters. The molecule has 1 fully saturated rings. The molecule has 0 saturated carbocycles. The third-order valence-corrected chi connectivity index (χ3v) is 2.45. The second kappa shape index (κ2) is 3.72. The van der Waals surface area contributed by atoms with Crippen LogP contribution in [0.2, 0.25) is 0 Å². The van der Waals surface area contributed by atoms with Crippen LogP contribution >= 0.6 is 0 Å². The molecular formula is C9H16N2O. The Labute approximate surface area is 73.6 Å². The standard InChI is InChI=1S/C9H16N2O/c1-4-9(12)11-6-5-10(3)8(2)7-11/h4,8H,1,5-7H2,2-3H3/t8-/m1/s1. The van der Waals surface area contributed by atoms with Gasteiger partial charge in [0.25, 0.3) is 0 Å². The first-order valence-corrected chi connectivity index (χ1v) is 4.26. The number of amides is 1. The fourth-order valence-electron chi connectivity index (χ4n) is 1.38. The number of carbonyl (C=O) groups is 1. The van der Waals surface area contributed by atoms with Gasteiger partial charge < -0.3 is 9.80 Å². The SMILES string of the molecule is C=CC(=O)N1CCN(C)[C@H](C)C1. The van der Waals surface area contributed by atoms with Crippen molar-refractivity contribution in [3.63, 3.8) is 0 Å². The summed E-state index contributed by atoms with van der Waals surface area (Å²) in [6.07, 6.45) is 1.39. The van der Waals surface area contributed by atoms with E-state index in [-0.39, 0.29) is 5.91 Å². The molecule has 3 heteroatoms. The van der Waals surface area contributed by atoms with E-state index in [2.05, 4.69) is 25.5 Å². The molecule has 1 amide bonds. The van der Waals surface area contributed by atoms with E-state index in [9.17, 15) is 4.79 Å². The second-order valence-corrected chi connectivity index (χ2v) is 3.32. The highest BCUT2D eigenvalue weighted by atomic mass is 16.2. The van der Waals surface area contributed by atoms with Crippen LogP contribution in [0.25, 0.3) is 0 Å². The molecule has 1 saturated heterocycles. The monoisotopic (exact) mass is 168 g/mol. The minimum atomic E-state index is 0.0509. The van der Waals surface area contributed by atoms with Gasteiger partial charge in [-0.25, -0.2) is 0 Å². The summed E-state index contributed by atoms with van der Waals surface area (Å²) >= 11 is 0. The molecule has 1 aliphatic rings. The number of carbonyl (C=O) groups excluding carboxylic acids is 1. The van der Waals surface area contributed by atoms with Crippen LogP contribution in [0.15, 0.2) is 12.7 Å². The van der Waals surface area contributed by atoms with Crippen molar-refractivity contribution < 1.29 is 4.79 Å². The molecule has 68 valence electrons. The Morgan fingerprint density at radius 3 is 2.75 bits per heavy atom. The van der Waals surface area contributed by atoms with Gasteiger partial charge in [-0.2, -0.15) is 0 Å². The molecule has 0 aromatic heterocycles. The number of hydrogen-bond donors (Lipinski definition) is 0. The molecule has 0 radical (unpaired) electrons. The first kappa shape index (κ1) is 9.26. The maximum Gasteiger partial charge on any atom is 0.246 e. The molecule has 1 heterocycles. The largest absolute Gasteiger partial charge is 0.336 e. The lowest BCUT2D eigenvalue weighted by atomic mass is 10.2. The first-order valence-electron chi connectivity index (χ1n) is 4.26. The maximum absolute atomic E-state index is 11.2. The molecule has 1 atom stereocenters. The number of rotatable bonds is 1. The highest BCUT2D eigenvalue weighted by molar-refractivity contribution is 5.87. The fraction of sp³-hybridized carbons (Fsp3) is 0.667. The third-order valence-electron chi connectivity index (χ3n) is 2.45. The average molecular weight is 168 g/mol. The fourth-order valence-corrected chi connectivity index (χ4v) is 1.38. The summed E-state index contributed by atoms with van der Waals surface area (Å²) in [5.41, 5.74) is 0. The van der Waals surface area contributed by atoms with Crippen molar-refractivity contribution in [1.29, 1.82) is 0 Å². The van der Waals surface area contributed by atoms with E-state index in [0.29, 0.717) is 6.04 Å². The highest BCUT2D eigenvalue weighted by Gasteiger charge is 2.22. The average Bonchev–Trinajstić information content (AvgIpc) is 2.08. The van der Waals surface area contributed by atoms with Gasteiger partial charge in [0.05, 0.1) is 0 Å². The maximum atomic E-state index is 11.2. The van der Waals surface area contributed by atoms with Crippen molar-refractivity contribution in [3.05, 3.63) is 12.7 Å². The van der Waals surface area contributed by atoms with Crippen molar-refractivity contribution in [2.45, 2.75) is 13.0 Å². The van der Waals surface area contributed by atoms with Crippen LogP contribution in [0.5, 0.6) is 0 Å². The number of hydrogen-bond acceptors (Lipinski definition) is 2. The van der Waals surface area contributed by atoms with E-state index in [1.165, 1.54) is 6.08 Å². The summed E-state index contributed by atoms with van der Waals surface area (Å²) in [7, 11) is 2.08. The van der Waals surface area contributed by atoms with Crippen molar-refractivity contribution in [2.75, 3.05) is 26.7 Å². The van der Waals surface area contributed by atoms with Crippen molar-refractivity contribution >= 4 is 5.91 Å². The molecule has 0 aromatic rings. The summed E-state index contributed by atoms with van der Waals surface area (Å²) in [6, 6.07) is 0.461. The lowest BCUT2D eigenvalue weighted by molar-refractivity contribution is -0.128. The minimum absolute atomic E-state index is 0.0509. The minimum Gasteiger partial charge on any atom is -0.336 e. The van der Waals surface area contributed by atoms with Crippen molar-refractivity contribution in [1.82, 2.24) is 9.80 Å². The van der Waals surface area contributed by atoms with Gasteiger partial charge in [-0.1, -0.05) is 6.58 Å². The van der Waals surface area contributed by atoms with E-state index in [4.69, 9.17) is 0 Å². The Hall–Kier alpha value is -0.830. The Bertz CT molecular complexity index is 191. The van der Waals surface area contributed by atoms with Crippen LogP contribution in [0.3, 0.4) is 0 Å². The van der Waals surface area contributed by atoms with Gasteiger partial charge in [-0.05, 0) is 20.0 Å². The molecule has 3 nitrogen and oxygen atoms in total. The first-order chi connectivity index (χ1) is 5.65. The van der Waals surface area contributed by atoms with E-state index in [0.717, 1.165) is 19.6 Å². The molecular weight excluding hydrogens is 152 g/mol. The molecule has 12 heavy (non-hydrogen) atoms. The van der Waals surface area contributed by atoms with Crippen molar-refractivity contribution in [2.24, 2.45) is 0 Å². The third kappa shape index (κ3) is 1.85. The molecule has 1 rings (SSSR count). The Morgan fingerprint density at radius 2 is 2.25 bits per heavy atom. The van der Waals surface area contributed by atoms with E-state index < -0.39 is 0 Å². The smallest absolute Gasteiger partial charge is 0.246 e. The van der Waals surface area contributed by atoms with Crippen LogP contribution < -0.4 is 0 Å². The van der Waals surface area contributed by atoms with E-state index in [1.807, 2.05) is 4.90 Å². The van der Waals surface area contributed by atoms with Gasteiger partial charge in [0.1, 0.15) is 0 Å². The van der Waals surface area contributed by atoms with Crippen LogP contribution in [-0.2, 0) is 4.79 Å². The van der Waals surface area contributed by atoms with Gasteiger partial charge in [-0.3, -0.25) is 4.79 Å². The van der Waals surface area contributed by atoms with Crippen molar-refractivity contribution in [3.8, 4) is 0 Å². The van der Waals surface area contributed by atoms with Crippen LogP contribution in [-0.4, -0.2) is 48.4 Å². The number of piperazine rings is 1. The quantitative estimate of drug-likeness (QED) is 0.527. The van der Waals surface area contributed by atoms with Gasteiger partial charge in [0, 0.05) is 25.7 Å². The Kier molecular flexibility index (Phi) is 2.87. The van der Waals surface area contributed by atoms with Gasteiger partial charge in [-0.15, -0.1) is 0 Å². The second-order valence-electron chi connectivity index (χ2n) is 3.32. The van der Waals surface area contributed by atoms with Gasteiger partial charge >= 0.3 is 0 Å². The van der Waals surface area contributed by atoms with Crippen LogP contribution in [0.1, 0.15) is 6.92 Å². The summed E-state index contributed by atoms with van der Waals surface area (Å²) < 4.78 is 0. The molecule has 0 N–H and O–H groups in total. The molecule has 0 bridgehead atoms. The predicted octanol–water partition coefficient (Wildman–Crippen LogP) is 0.335. The van der Waals surface area contributed by atoms with Crippen LogP contribution in [0.4, 0.5) is 0 Å². The summed E-state index contributed by atoms with van der Waals surface area (Å²) in [5.74, 6) is 0.0509. The van der Waals surface area contributed by atoms with E-state index in [1.54, 1.807) is 0 Å². The molecule has 0 aromatic carbocycles. The molecule has 0 spiro atoms. The number of nitrogens with zero attached hydrogens (tertiary/aromatic N) is 2. The zero-order valence-corrected chi connectivity index (χ0v) is 7.79. The molecule has 0 aliphatic carbocycles. The van der Waals surface area contributed by atoms with E-state index >= 15 is 0 Å². The topological polar surface area (TPSA) is 23.6 Å². The van der Waals surface area contributed by atoms with Crippen LogP contribution in [0, 0.1) is 0 Å². The highest BCUT2D eigenvalue weighted by Crippen LogP contribution is 2.06. The zero-order valence-electron chi connectivity index (χ0n) is 7.79. The lowest BCUT2D eigenvalue weighted by Gasteiger charge is -2.37. The van der Waals surface area contributed by atoms with Gasteiger partial charge in [0.2, 0.25) is 5.91 Å². The zero-order chi connectivity index (χ0) is 9.14. The molecule has 1 aliphatic heterocycles. The Balaban J connectivity index is 2.50. The normalized spacial score (nSPS) is 25.5. The number of likely N-dealkylation sites (N-methyl/N-ethyl adjacent to an activating group) is 1. The summed E-state index contributed by atoms with van der Waals surface area (Å²) in [6.45, 7) is 8.21. The summed E-state index contributed by atoms with van der Waals surface area (Å²) in [4.78, 5) is 15.3. The Morgan fingerprint density at radius 1 is 1.58 bits per heavy atom. The lowest BCUT2D eigenvalue weighted by Crippen LogP contribution is -2.51. The summed E-state index contributed by atoms with van der Waals surface area (Å²) in [5, 5.41) is 0. The van der Waals surface area contributed by atoms with Gasteiger partial charge in [0.15, 0.2) is 0 Å².